The third kappa shape index (κ3) is 4.06. The Morgan fingerprint density at radius 2 is 2.04 bits per heavy atom. The van der Waals surface area contributed by atoms with Crippen molar-refractivity contribution >= 4 is 23.5 Å². The third-order valence-electron chi connectivity index (χ3n) is 4.18. The molecule has 1 aliphatic rings. The molecule has 1 aromatic heterocycles. The summed E-state index contributed by atoms with van der Waals surface area (Å²) in [6, 6.07) is 8.22. The van der Waals surface area contributed by atoms with Gasteiger partial charge >= 0.3 is 6.01 Å². The number of aromatic nitrogens is 2. The van der Waals surface area contributed by atoms with Crippen molar-refractivity contribution in [2.75, 3.05) is 31.1 Å². The van der Waals surface area contributed by atoms with E-state index in [2.05, 4.69) is 10.2 Å². The molecule has 0 atom stereocenters. The normalized spacial score (nSPS) is 14.9. The minimum absolute atomic E-state index is 0.175. The molecule has 2 aromatic rings. The average molecular weight is 349 g/mol. The highest BCUT2D eigenvalue weighted by Gasteiger charge is 2.23. The Balaban J connectivity index is 1.48. The highest BCUT2D eigenvalue weighted by atomic mass is 35.5. The Morgan fingerprint density at radius 3 is 2.71 bits per heavy atom. The smallest absolute Gasteiger partial charge is 0.318 e. The maximum absolute atomic E-state index is 12.4. The van der Waals surface area contributed by atoms with E-state index in [0.717, 1.165) is 12.0 Å². The number of carbonyl (C=O) groups is 1. The highest BCUT2D eigenvalue weighted by Crippen LogP contribution is 2.16. The van der Waals surface area contributed by atoms with Crippen LogP contribution >= 0.6 is 11.6 Å². The highest BCUT2D eigenvalue weighted by molar-refractivity contribution is 6.30. The van der Waals surface area contributed by atoms with E-state index in [1.807, 2.05) is 41.0 Å². The Hall–Kier alpha value is -2.08. The van der Waals surface area contributed by atoms with Crippen LogP contribution in [0.15, 0.2) is 28.7 Å². The van der Waals surface area contributed by atoms with Gasteiger partial charge in [0, 0.05) is 44.0 Å². The van der Waals surface area contributed by atoms with Gasteiger partial charge in [-0.25, -0.2) is 0 Å². The number of piperazine rings is 1. The number of hydrogen-bond acceptors (Lipinski definition) is 5. The Labute approximate surface area is 146 Å². The zero-order valence-corrected chi connectivity index (χ0v) is 14.5. The number of anilines is 1. The van der Waals surface area contributed by atoms with Crippen LogP contribution in [-0.4, -0.2) is 47.2 Å². The first-order valence-electron chi connectivity index (χ1n) is 8.25. The lowest BCUT2D eigenvalue weighted by molar-refractivity contribution is -0.131. The van der Waals surface area contributed by atoms with E-state index in [0.29, 0.717) is 55.9 Å². The summed E-state index contributed by atoms with van der Waals surface area (Å²) in [5, 5.41) is 8.75. The van der Waals surface area contributed by atoms with Crippen LogP contribution in [0.25, 0.3) is 0 Å². The number of benzene rings is 1. The van der Waals surface area contributed by atoms with Gasteiger partial charge in [0.25, 0.3) is 0 Å². The van der Waals surface area contributed by atoms with Crippen LogP contribution in [0, 0.1) is 0 Å². The summed E-state index contributed by atoms with van der Waals surface area (Å²) in [5.41, 5.74) is 1.09. The van der Waals surface area contributed by atoms with Crippen LogP contribution in [0.5, 0.6) is 0 Å². The maximum atomic E-state index is 12.4. The van der Waals surface area contributed by atoms with Gasteiger partial charge in [0.2, 0.25) is 11.8 Å². The number of hydrogen-bond donors (Lipinski definition) is 0. The largest absolute Gasteiger partial charge is 0.408 e. The van der Waals surface area contributed by atoms with Gasteiger partial charge in [-0.3, -0.25) is 4.79 Å². The van der Waals surface area contributed by atoms with Crippen molar-refractivity contribution in [2.45, 2.75) is 26.2 Å². The van der Waals surface area contributed by atoms with Gasteiger partial charge in [-0.2, -0.15) is 0 Å². The lowest BCUT2D eigenvalue weighted by Crippen LogP contribution is -2.49. The number of amides is 1. The van der Waals surface area contributed by atoms with E-state index in [9.17, 15) is 4.79 Å². The number of rotatable bonds is 5. The van der Waals surface area contributed by atoms with Crippen LogP contribution in [0.3, 0.4) is 0 Å². The monoisotopic (exact) mass is 348 g/mol. The van der Waals surface area contributed by atoms with E-state index >= 15 is 0 Å². The van der Waals surface area contributed by atoms with Crippen molar-refractivity contribution in [2.24, 2.45) is 0 Å². The van der Waals surface area contributed by atoms with Gasteiger partial charge in [0.05, 0.1) is 0 Å². The van der Waals surface area contributed by atoms with Gasteiger partial charge in [0.15, 0.2) is 0 Å². The molecular weight excluding hydrogens is 328 g/mol. The SMILES string of the molecule is CCc1nnc(N2CCN(C(=O)CCc3cccc(Cl)c3)CC2)o1. The zero-order valence-electron chi connectivity index (χ0n) is 13.7. The molecule has 1 aliphatic heterocycles. The Morgan fingerprint density at radius 1 is 1.25 bits per heavy atom. The summed E-state index contributed by atoms with van der Waals surface area (Å²) < 4.78 is 5.57. The van der Waals surface area contributed by atoms with E-state index in [-0.39, 0.29) is 5.91 Å². The quantitative estimate of drug-likeness (QED) is 0.831. The minimum Gasteiger partial charge on any atom is -0.408 e. The molecular formula is C17H21ClN4O2. The van der Waals surface area contributed by atoms with Gasteiger partial charge in [-0.1, -0.05) is 35.8 Å². The van der Waals surface area contributed by atoms with Crippen molar-refractivity contribution < 1.29 is 9.21 Å². The first-order chi connectivity index (χ1) is 11.7. The van der Waals surface area contributed by atoms with E-state index < -0.39 is 0 Å². The molecule has 0 bridgehead atoms. The summed E-state index contributed by atoms with van der Waals surface area (Å²) in [4.78, 5) is 16.3. The maximum Gasteiger partial charge on any atom is 0.318 e. The van der Waals surface area contributed by atoms with Crippen molar-refractivity contribution in [3.63, 3.8) is 0 Å². The van der Waals surface area contributed by atoms with E-state index in [1.54, 1.807) is 0 Å². The second-order valence-electron chi connectivity index (χ2n) is 5.83. The van der Waals surface area contributed by atoms with Crippen molar-refractivity contribution in [1.82, 2.24) is 15.1 Å². The van der Waals surface area contributed by atoms with Gasteiger partial charge in [0.1, 0.15) is 0 Å². The van der Waals surface area contributed by atoms with Crippen LogP contribution in [0.1, 0.15) is 24.8 Å². The topological polar surface area (TPSA) is 62.5 Å². The molecule has 24 heavy (non-hydrogen) atoms. The fraction of sp³-hybridized carbons (Fsp3) is 0.471. The molecule has 0 radical (unpaired) electrons. The standard InChI is InChI=1S/C17H21ClN4O2/c1-2-15-19-20-17(24-15)22-10-8-21(9-11-22)16(23)7-6-13-4-3-5-14(18)12-13/h3-5,12H,2,6-11H2,1H3. The molecule has 3 rings (SSSR count). The first-order valence-corrected chi connectivity index (χ1v) is 8.63. The molecule has 1 saturated heterocycles. The molecule has 7 heteroatoms. The van der Waals surface area contributed by atoms with Crippen molar-refractivity contribution in [3.05, 3.63) is 40.7 Å². The predicted octanol–water partition coefficient (Wildman–Crippen LogP) is 2.57. The van der Waals surface area contributed by atoms with Gasteiger partial charge in [-0.05, 0) is 24.1 Å². The molecule has 1 amide bonds. The van der Waals surface area contributed by atoms with E-state index in [1.165, 1.54) is 0 Å². The minimum atomic E-state index is 0.175. The molecule has 0 unspecified atom stereocenters. The van der Waals surface area contributed by atoms with Crippen molar-refractivity contribution in [3.8, 4) is 0 Å². The van der Waals surface area contributed by atoms with Crippen LogP contribution in [0.4, 0.5) is 6.01 Å². The third-order valence-corrected chi connectivity index (χ3v) is 4.41. The second-order valence-corrected chi connectivity index (χ2v) is 6.27. The summed E-state index contributed by atoms with van der Waals surface area (Å²) in [7, 11) is 0. The lowest BCUT2D eigenvalue weighted by Gasteiger charge is -2.33. The fourth-order valence-electron chi connectivity index (χ4n) is 2.76. The molecule has 2 heterocycles. The summed E-state index contributed by atoms with van der Waals surface area (Å²) in [6.45, 7) is 4.77. The summed E-state index contributed by atoms with van der Waals surface area (Å²) in [5.74, 6) is 0.819. The molecule has 0 N–H and O–H groups in total. The summed E-state index contributed by atoms with van der Waals surface area (Å²) >= 11 is 5.97. The molecule has 1 aromatic carbocycles. The molecule has 0 spiro atoms. The zero-order chi connectivity index (χ0) is 16.9. The number of carbonyl (C=O) groups excluding carboxylic acids is 1. The lowest BCUT2D eigenvalue weighted by atomic mass is 10.1. The van der Waals surface area contributed by atoms with Crippen LogP contribution in [0.2, 0.25) is 5.02 Å². The van der Waals surface area contributed by atoms with Gasteiger partial charge in [-0.15, -0.1) is 5.10 Å². The fourth-order valence-corrected chi connectivity index (χ4v) is 2.98. The number of aryl methyl sites for hydroxylation is 2. The predicted molar refractivity (Wildman–Crippen MR) is 92.2 cm³/mol. The van der Waals surface area contributed by atoms with Gasteiger partial charge < -0.3 is 14.2 Å². The summed E-state index contributed by atoms with van der Waals surface area (Å²) in [6.07, 6.45) is 1.94. The van der Waals surface area contributed by atoms with Crippen LogP contribution < -0.4 is 4.90 Å². The molecule has 1 fully saturated rings. The molecule has 128 valence electrons. The Kier molecular flexibility index (Phi) is 5.35. The average Bonchev–Trinajstić information content (AvgIpc) is 3.09. The molecule has 6 nitrogen and oxygen atoms in total. The number of halogens is 1. The van der Waals surface area contributed by atoms with E-state index in [4.69, 9.17) is 16.0 Å². The second kappa shape index (κ2) is 7.66. The molecule has 0 saturated carbocycles. The van der Waals surface area contributed by atoms with Crippen LogP contribution in [-0.2, 0) is 17.6 Å². The Bertz CT molecular complexity index is 695. The first kappa shape index (κ1) is 16.8. The van der Waals surface area contributed by atoms with Crippen molar-refractivity contribution in [1.29, 1.82) is 0 Å². The molecule has 0 aliphatic carbocycles. The number of nitrogens with zero attached hydrogens (tertiary/aromatic N) is 4.